The average molecular weight is 500 g/mol. The zero-order valence-corrected chi connectivity index (χ0v) is 21.8. The fourth-order valence-electron chi connectivity index (χ4n) is 5.59. The maximum atomic E-state index is 13.6. The first-order chi connectivity index (χ1) is 17.9. The van der Waals surface area contributed by atoms with E-state index in [2.05, 4.69) is 41.9 Å². The Balaban J connectivity index is 1.40. The number of nitrogens with two attached hydrogens (primary N) is 1. The zero-order valence-electron chi connectivity index (χ0n) is 21.8. The molecule has 0 spiro atoms. The van der Waals surface area contributed by atoms with E-state index in [1.165, 1.54) is 16.7 Å². The number of rotatable bonds is 6. The first-order valence-electron chi connectivity index (χ1n) is 13.4. The lowest BCUT2D eigenvalue weighted by Gasteiger charge is -2.36. The van der Waals surface area contributed by atoms with Gasteiger partial charge in [0, 0.05) is 25.0 Å². The molecule has 3 N–H and O–H groups in total. The summed E-state index contributed by atoms with van der Waals surface area (Å²) in [6.45, 7) is 5.28. The van der Waals surface area contributed by atoms with Crippen LogP contribution in [0.15, 0.2) is 54.9 Å². The van der Waals surface area contributed by atoms with Crippen LogP contribution in [-0.2, 0) is 35.5 Å². The molecule has 5 rings (SSSR count). The molecule has 7 nitrogen and oxygen atoms in total. The monoisotopic (exact) mass is 499 g/mol. The molecular weight excluding hydrogens is 462 g/mol. The van der Waals surface area contributed by atoms with Gasteiger partial charge < -0.3 is 20.5 Å². The molecule has 2 heterocycles. The fourth-order valence-corrected chi connectivity index (χ4v) is 5.59. The molecule has 0 bridgehead atoms. The van der Waals surface area contributed by atoms with Crippen molar-refractivity contribution in [2.75, 3.05) is 0 Å². The fraction of sp³-hybridized carbons (Fsp3) is 0.433. The van der Waals surface area contributed by atoms with Gasteiger partial charge in [-0.2, -0.15) is 0 Å². The summed E-state index contributed by atoms with van der Waals surface area (Å²) in [7, 11) is 0. The molecule has 2 aromatic carbocycles. The van der Waals surface area contributed by atoms with Crippen LogP contribution < -0.4 is 11.1 Å². The summed E-state index contributed by atoms with van der Waals surface area (Å²) in [6.07, 6.45) is 6.14. The number of nitrogens with zero attached hydrogens (tertiary/aromatic N) is 3. The van der Waals surface area contributed by atoms with Gasteiger partial charge in [0.05, 0.1) is 30.7 Å². The second kappa shape index (κ2) is 10.9. The summed E-state index contributed by atoms with van der Waals surface area (Å²) in [5, 5.41) is 3.23. The summed E-state index contributed by atoms with van der Waals surface area (Å²) in [4.78, 5) is 33.6. The van der Waals surface area contributed by atoms with Crippen molar-refractivity contribution in [1.29, 1.82) is 0 Å². The second-order valence-corrected chi connectivity index (χ2v) is 10.7. The van der Waals surface area contributed by atoms with Gasteiger partial charge in [-0.15, -0.1) is 0 Å². The molecule has 2 amide bonds. The third kappa shape index (κ3) is 5.77. The number of benzene rings is 2. The van der Waals surface area contributed by atoms with Crippen LogP contribution in [-0.4, -0.2) is 44.4 Å². The second-order valence-electron chi connectivity index (χ2n) is 10.7. The molecule has 1 aromatic heterocycles. The van der Waals surface area contributed by atoms with Crippen LogP contribution in [0.2, 0.25) is 0 Å². The Bertz CT molecular complexity index is 1260. The van der Waals surface area contributed by atoms with Crippen molar-refractivity contribution in [2.24, 2.45) is 5.73 Å². The summed E-state index contributed by atoms with van der Waals surface area (Å²) in [6, 6.07) is 16.0. The molecule has 1 aliphatic heterocycles. The number of hydrogen-bond acceptors (Lipinski definition) is 4. The van der Waals surface area contributed by atoms with Crippen molar-refractivity contribution in [2.45, 2.75) is 83.6 Å². The highest BCUT2D eigenvalue weighted by Crippen LogP contribution is 2.26. The van der Waals surface area contributed by atoms with Gasteiger partial charge in [0.2, 0.25) is 11.8 Å². The van der Waals surface area contributed by atoms with Crippen molar-refractivity contribution in [3.63, 3.8) is 0 Å². The number of fused-ring (bicyclic) bond motifs is 1. The summed E-state index contributed by atoms with van der Waals surface area (Å²) >= 11 is 0. The number of aryl methyl sites for hydroxylation is 2. The Morgan fingerprint density at radius 3 is 2.57 bits per heavy atom. The molecule has 3 aromatic rings. The van der Waals surface area contributed by atoms with Gasteiger partial charge in [0.1, 0.15) is 6.04 Å². The molecule has 2 aliphatic rings. The van der Waals surface area contributed by atoms with Crippen LogP contribution >= 0.6 is 0 Å². The van der Waals surface area contributed by atoms with Gasteiger partial charge in [-0.25, -0.2) is 4.98 Å². The SMILES string of the molecule is Cc1ccc(C)c(Cn2cnc3c2CN(C(=O)Cc2ccccc2)C(C(=O)NC2CCC(N)CC2)C3)c1. The lowest BCUT2D eigenvalue weighted by molar-refractivity contribution is -0.141. The summed E-state index contributed by atoms with van der Waals surface area (Å²) < 4.78 is 2.14. The van der Waals surface area contributed by atoms with Crippen molar-refractivity contribution >= 4 is 11.8 Å². The molecule has 0 radical (unpaired) electrons. The molecular formula is C30H37N5O2. The maximum absolute atomic E-state index is 13.6. The first-order valence-corrected chi connectivity index (χ1v) is 13.4. The van der Waals surface area contributed by atoms with Crippen LogP contribution in [0.25, 0.3) is 0 Å². The average Bonchev–Trinajstić information content (AvgIpc) is 3.29. The molecule has 1 aliphatic carbocycles. The Morgan fingerprint density at radius 2 is 1.81 bits per heavy atom. The first kappa shape index (κ1) is 25.2. The predicted octanol–water partition coefficient (Wildman–Crippen LogP) is 3.43. The van der Waals surface area contributed by atoms with E-state index < -0.39 is 6.04 Å². The van der Waals surface area contributed by atoms with Gasteiger partial charge in [-0.05, 0) is 56.2 Å². The molecule has 194 valence electrons. The van der Waals surface area contributed by atoms with Crippen LogP contribution in [0.3, 0.4) is 0 Å². The number of carbonyl (C=O) groups excluding carboxylic acids is 2. The van der Waals surface area contributed by atoms with Gasteiger partial charge in [-0.3, -0.25) is 9.59 Å². The highest BCUT2D eigenvalue weighted by atomic mass is 16.2. The smallest absolute Gasteiger partial charge is 0.243 e. The van der Waals surface area contributed by atoms with Gasteiger partial charge in [0.15, 0.2) is 0 Å². The number of carbonyl (C=O) groups is 2. The van der Waals surface area contributed by atoms with Crippen LogP contribution in [0.4, 0.5) is 0 Å². The number of hydrogen-bond donors (Lipinski definition) is 2. The summed E-state index contributed by atoms with van der Waals surface area (Å²) in [5.74, 6) is -0.126. The van der Waals surface area contributed by atoms with E-state index >= 15 is 0 Å². The molecule has 0 saturated heterocycles. The Morgan fingerprint density at radius 1 is 1.05 bits per heavy atom. The van der Waals surface area contributed by atoms with E-state index in [9.17, 15) is 9.59 Å². The molecule has 37 heavy (non-hydrogen) atoms. The normalized spacial score (nSPS) is 21.4. The molecule has 1 saturated carbocycles. The van der Waals surface area contributed by atoms with E-state index in [-0.39, 0.29) is 30.3 Å². The van der Waals surface area contributed by atoms with E-state index in [1.54, 1.807) is 4.90 Å². The van der Waals surface area contributed by atoms with Crippen molar-refractivity contribution < 1.29 is 9.59 Å². The lowest BCUT2D eigenvalue weighted by Crippen LogP contribution is -2.55. The Kier molecular flexibility index (Phi) is 7.42. The standard InChI is InChI=1S/C30H37N5O2/c1-20-8-9-21(2)23(14-20)17-34-19-32-26-16-27(30(37)33-25-12-10-24(31)11-13-25)35(18-28(26)34)29(36)15-22-6-4-3-5-7-22/h3-9,14,19,24-25,27H,10-13,15-18,31H2,1-2H3,(H,33,37). The minimum absolute atomic E-state index is 0.0397. The number of amides is 2. The zero-order chi connectivity index (χ0) is 25.9. The van der Waals surface area contributed by atoms with E-state index in [1.807, 2.05) is 36.7 Å². The van der Waals surface area contributed by atoms with Crippen molar-refractivity contribution in [1.82, 2.24) is 19.8 Å². The third-order valence-corrected chi connectivity index (χ3v) is 7.90. The quantitative estimate of drug-likeness (QED) is 0.544. The van der Waals surface area contributed by atoms with E-state index in [4.69, 9.17) is 10.7 Å². The van der Waals surface area contributed by atoms with Crippen LogP contribution in [0.1, 0.15) is 59.3 Å². The van der Waals surface area contributed by atoms with Gasteiger partial charge >= 0.3 is 0 Å². The topological polar surface area (TPSA) is 93.2 Å². The van der Waals surface area contributed by atoms with Crippen LogP contribution in [0.5, 0.6) is 0 Å². The highest BCUT2D eigenvalue weighted by molar-refractivity contribution is 5.89. The van der Waals surface area contributed by atoms with E-state index in [0.29, 0.717) is 19.5 Å². The molecule has 1 atom stereocenters. The minimum Gasteiger partial charge on any atom is -0.352 e. The Labute approximate surface area is 219 Å². The maximum Gasteiger partial charge on any atom is 0.243 e. The highest BCUT2D eigenvalue weighted by Gasteiger charge is 2.37. The van der Waals surface area contributed by atoms with Gasteiger partial charge in [-0.1, -0.05) is 54.1 Å². The molecule has 1 fully saturated rings. The number of imidazole rings is 1. The Hall–Kier alpha value is -3.45. The van der Waals surface area contributed by atoms with Crippen molar-refractivity contribution in [3.05, 3.63) is 88.5 Å². The predicted molar refractivity (Wildman–Crippen MR) is 144 cm³/mol. The number of nitrogens with one attached hydrogen (secondary N) is 1. The molecule has 7 heteroatoms. The largest absolute Gasteiger partial charge is 0.352 e. The summed E-state index contributed by atoms with van der Waals surface area (Å²) in [5.41, 5.74) is 12.6. The third-order valence-electron chi connectivity index (χ3n) is 7.90. The van der Waals surface area contributed by atoms with Crippen LogP contribution in [0, 0.1) is 13.8 Å². The minimum atomic E-state index is -0.566. The lowest BCUT2D eigenvalue weighted by atomic mass is 9.91. The van der Waals surface area contributed by atoms with Gasteiger partial charge in [0.25, 0.3) is 0 Å². The molecule has 1 unspecified atom stereocenters. The van der Waals surface area contributed by atoms with Crippen molar-refractivity contribution in [3.8, 4) is 0 Å². The number of aromatic nitrogens is 2. The van der Waals surface area contributed by atoms with E-state index in [0.717, 1.165) is 42.6 Å².